The van der Waals surface area contributed by atoms with E-state index in [0.29, 0.717) is 0 Å². The number of benzene rings is 1. The number of amides is 2. The first-order chi connectivity index (χ1) is 10.2. The highest BCUT2D eigenvalue weighted by atomic mass is 16.2. The number of aryl methyl sites for hydroxylation is 2. The van der Waals surface area contributed by atoms with Crippen LogP contribution in [0.2, 0.25) is 0 Å². The van der Waals surface area contributed by atoms with E-state index in [4.69, 9.17) is 0 Å². The lowest BCUT2D eigenvalue weighted by Gasteiger charge is -2.20. The van der Waals surface area contributed by atoms with E-state index < -0.39 is 0 Å². The summed E-state index contributed by atoms with van der Waals surface area (Å²) in [6.45, 7) is 6.53. The Balaban J connectivity index is 2.53. The highest BCUT2D eigenvalue weighted by Crippen LogP contribution is 2.16. The molecule has 0 aliphatic heterocycles. The first-order valence-electron chi connectivity index (χ1n) is 7.46. The van der Waals surface area contributed by atoms with Gasteiger partial charge in [-0.2, -0.15) is 0 Å². The van der Waals surface area contributed by atoms with Gasteiger partial charge in [0.2, 0.25) is 11.8 Å². The van der Waals surface area contributed by atoms with Gasteiger partial charge in [-0.15, -0.1) is 0 Å². The number of carbonyl (C=O) groups excluding carboxylic acids is 2. The molecule has 5 nitrogen and oxygen atoms in total. The van der Waals surface area contributed by atoms with E-state index in [1.54, 1.807) is 26.0 Å². The van der Waals surface area contributed by atoms with Crippen LogP contribution in [0.1, 0.15) is 29.7 Å². The van der Waals surface area contributed by atoms with Gasteiger partial charge in [-0.05, 0) is 44.5 Å². The molecule has 0 heterocycles. The fourth-order valence-corrected chi connectivity index (χ4v) is 2.08. The zero-order valence-electron chi connectivity index (χ0n) is 14.4. The van der Waals surface area contributed by atoms with Gasteiger partial charge in [0.05, 0.1) is 19.1 Å². The molecule has 1 aromatic carbocycles. The van der Waals surface area contributed by atoms with Crippen LogP contribution in [-0.2, 0) is 9.59 Å². The summed E-state index contributed by atoms with van der Waals surface area (Å²) in [6.07, 6.45) is 0. The molecule has 1 rings (SSSR count). The minimum Gasteiger partial charge on any atom is -0.348 e. The maximum absolute atomic E-state index is 12.1. The first-order valence-corrected chi connectivity index (χ1v) is 7.46. The predicted octanol–water partition coefficient (Wildman–Crippen LogP) is 1.50. The molecule has 122 valence electrons. The Morgan fingerprint density at radius 2 is 1.73 bits per heavy atom. The minimum atomic E-state index is -0.0835. The van der Waals surface area contributed by atoms with Crippen LogP contribution in [0.25, 0.3) is 0 Å². The largest absolute Gasteiger partial charge is 0.348 e. The van der Waals surface area contributed by atoms with Crippen LogP contribution in [0.15, 0.2) is 18.2 Å². The molecule has 0 aromatic heterocycles. The maximum Gasteiger partial charge on any atom is 0.236 e. The summed E-state index contributed by atoms with van der Waals surface area (Å²) in [5.41, 5.74) is 3.54. The highest BCUT2D eigenvalue weighted by molar-refractivity contribution is 5.81. The van der Waals surface area contributed by atoms with Crippen molar-refractivity contribution in [1.29, 1.82) is 0 Å². The molecule has 1 atom stereocenters. The Kier molecular flexibility index (Phi) is 6.56. The number of hydrogen-bond acceptors (Lipinski definition) is 3. The second-order valence-electron chi connectivity index (χ2n) is 6.09. The Bertz CT molecular complexity index is 541. The number of nitrogens with one attached hydrogen (secondary N) is 1. The van der Waals surface area contributed by atoms with Crippen LogP contribution in [-0.4, -0.2) is 55.8 Å². The summed E-state index contributed by atoms with van der Waals surface area (Å²) in [7, 11) is 5.18. The van der Waals surface area contributed by atoms with Crippen molar-refractivity contribution in [3.63, 3.8) is 0 Å². The standard InChI is InChI=1S/C17H27N3O2/c1-12-7-8-15(9-13(12)2)14(3)18-16(21)10-20(6)11-17(22)19(4)5/h7-9,14H,10-11H2,1-6H3,(H,18,21)/t14-/m0/s1. The van der Waals surface area contributed by atoms with Gasteiger partial charge in [0.25, 0.3) is 0 Å². The fraction of sp³-hybridized carbons (Fsp3) is 0.529. The summed E-state index contributed by atoms with van der Waals surface area (Å²) < 4.78 is 0. The average Bonchev–Trinajstić information content (AvgIpc) is 2.41. The molecule has 1 aromatic rings. The topological polar surface area (TPSA) is 52.7 Å². The lowest BCUT2D eigenvalue weighted by Crippen LogP contribution is -2.41. The van der Waals surface area contributed by atoms with Gasteiger partial charge in [-0.3, -0.25) is 14.5 Å². The number of hydrogen-bond donors (Lipinski definition) is 1. The highest BCUT2D eigenvalue weighted by Gasteiger charge is 2.14. The SMILES string of the molecule is Cc1ccc([C@H](C)NC(=O)CN(C)CC(=O)N(C)C)cc1C. The predicted molar refractivity (Wildman–Crippen MR) is 88.7 cm³/mol. The molecule has 0 fully saturated rings. The van der Waals surface area contributed by atoms with Crippen LogP contribution in [0, 0.1) is 13.8 Å². The summed E-state index contributed by atoms with van der Waals surface area (Å²) >= 11 is 0. The van der Waals surface area contributed by atoms with Gasteiger partial charge in [0.15, 0.2) is 0 Å². The Morgan fingerprint density at radius 3 is 2.27 bits per heavy atom. The molecule has 0 saturated heterocycles. The quantitative estimate of drug-likeness (QED) is 0.866. The minimum absolute atomic E-state index is 0.0162. The van der Waals surface area contributed by atoms with Crippen molar-refractivity contribution in [3.05, 3.63) is 34.9 Å². The fourth-order valence-electron chi connectivity index (χ4n) is 2.08. The molecule has 2 amide bonds. The third-order valence-electron chi connectivity index (χ3n) is 3.73. The van der Waals surface area contributed by atoms with E-state index in [1.807, 2.05) is 13.0 Å². The molecule has 1 N–H and O–H groups in total. The lowest BCUT2D eigenvalue weighted by molar-refractivity contribution is -0.130. The molecule has 0 unspecified atom stereocenters. The second-order valence-corrected chi connectivity index (χ2v) is 6.09. The van der Waals surface area contributed by atoms with Crippen molar-refractivity contribution in [3.8, 4) is 0 Å². The van der Waals surface area contributed by atoms with Crippen LogP contribution in [0.3, 0.4) is 0 Å². The Morgan fingerprint density at radius 1 is 1.09 bits per heavy atom. The van der Waals surface area contributed by atoms with E-state index in [0.717, 1.165) is 5.56 Å². The number of likely N-dealkylation sites (N-methyl/N-ethyl adjacent to an activating group) is 2. The monoisotopic (exact) mass is 305 g/mol. The molecule has 0 saturated carbocycles. The number of rotatable bonds is 6. The number of nitrogens with zero attached hydrogens (tertiary/aromatic N) is 2. The van der Waals surface area contributed by atoms with E-state index >= 15 is 0 Å². The molecule has 0 aliphatic rings. The van der Waals surface area contributed by atoms with Crippen LogP contribution in [0.4, 0.5) is 0 Å². The van der Waals surface area contributed by atoms with Crippen LogP contribution < -0.4 is 5.32 Å². The van der Waals surface area contributed by atoms with E-state index in [-0.39, 0.29) is 30.9 Å². The van der Waals surface area contributed by atoms with Crippen molar-refractivity contribution in [1.82, 2.24) is 15.1 Å². The third-order valence-corrected chi connectivity index (χ3v) is 3.73. The first kappa shape index (κ1) is 18.2. The number of carbonyl (C=O) groups is 2. The van der Waals surface area contributed by atoms with Gasteiger partial charge in [-0.1, -0.05) is 18.2 Å². The summed E-state index contributed by atoms with van der Waals surface area (Å²) in [4.78, 5) is 26.9. The average molecular weight is 305 g/mol. The lowest BCUT2D eigenvalue weighted by atomic mass is 10.0. The molecule has 0 aliphatic carbocycles. The maximum atomic E-state index is 12.1. The second kappa shape index (κ2) is 7.94. The van der Waals surface area contributed by atoms with Crippen molar-refractivity contribution < 1.29 is 9.59 Å². The summed E-state index contributed by atoms with van der Waals surface area (Å²) in [5, 5.41) is 2.97. The molecule has 0 spiro atoms. The molecular weight excluding hydrogens is 278 g/mol. The van der Waals surface area contributed by atoms with Gasteiger partial charge >= 0.3 is 0 Å². The van der Waals surface area contributed by atoms with E-state index in [9.17, 15) is 9.59 Å². The van der Waals surface area contributed by atoms with Crippen molar-refractivity contribution in [2.75, 3.05) is 34.2 Å². The van der Waals surface area contributed by atoms with Crippen LogP contribution >= 0.6 is 0 Å². The zero-order valence-corrected chi connectivity index (χ0v) is 14.4. The summed E-state index contributed by atoms with van der Waals surface area (Å²) in [5.74, 6) is -0.0997. The van der Waals surface area contributed by atoms with Crippen molar-refractivity contribution in [2.45, 2.75) is 26.8 Å². The third kappa shape index (κ3) is 5.48. The molecular formula is C17H27N3O2. The smallest absolute Gasteiger partial charge is 0.236 e. The van der Waals surface area contributed by atoms with E-state index in [1.165, 1.54) is 16.0 Å². The Labute approximate surface area is 133 Å². The molecule has 0 radical (unpaired) electrons. The van der Waals surface area contributed by atoms with E-state index in [2.05, 4.69) is 31.3 Å². The molecule has 5 heteroatoms. The molecule has 0 bridgehead atoms. The van der Waals surface area contributed by atoms with Crippen molar-refractivity contribution in [2.24, 2.45) is 0 Å². The van der Waals surface area contributed by atoms with Crippen molar-refractivity contribution >= 4 is 11.8 Å². The van der Waals surface area contributed by atoms with Gasteiger partial charge in [0.1, 0.15) is 0 Å². The Hall–Kier alpha value is -1.88. The summed E-state index contributed by atoms with van der Waals surface area (Å²) in [6, 6.07) is 6.14. The normalized spacial score (nSPS) is 12.1. The van der Waals surface area contributed by atoms with Gasteiger partial charge < -0.3 is 10.2 Å². The zero-order chi connectivity index (χ0) is 16.9. The molecule has 22 heavy (non-hydrogen) atoms. The van der Waals surface area contributed by atoms with Crippen LogP contribution in [0.5, 0.6) is 0 Å². The van der Waals surface area contributed by atoms with Gasteiger partial charge in [-0.25, -0.2) is 0 Å². The van der Waals surface area contributed by atoms with Gasteiger partial charge in [0, 0.05) is 14.1 Å².